The number of amides is 1. The van der Waals surface area contributed by atoms with Crippen molar-refractivity contribution in [2.45, 2.75) is 18.9 Å². The number of fused-ring (bicyclic) bond motifs is 3. The van der Waals surface area contributed by atoms with Gasteiger partial charge in [0.15, 0.2) is 6.04 Å². The highest BCUT2D eigenvalue weighted by atomic mass is 16.6. The Kier molecular flexibility index (Phi) is 5.62. The molecule has 0 aromatic heterocycles. The summed E-state index contributed by atoms with van der Waals surface area (Å²) in [7, 11) is 0. The van der Waals surface area contributed by atoms with Crippen LogP contribution in [-0.2, 0) is 9.53 Å². The molecule has 1 aliphatic rings. The number of carbonyl (C=O) groups is 2. The van der Waals surface area contributed by atoms with Gasteiger partial charge in [-0.3, -0.25) is 4.90 Å². The van der Waals surface area contributed by atoms with Crippen LogP contribution in [0.15, 0.2) is 72.8 Å². The minimum absolute atomic E-state index is 0.0937. The number of hydrogen-bond donors (Lipinski definition) is 2. The van der Waals surface area contributed by atoms with Crippen molar-refractivity contribution >= 4 is 12.1 Å². The maximum Gasteiger partial charge on any atom is 0.410 e. The fourth-order valence-electron chi connectivity index (χ4n) is 4.25. The Balaban J connectivity index is 1.58. The van der Waals surface area contributed by atoms with Crippen molar-refractivity contribution in [3.63, 3.8) is 0 Å². The topological polar surface area (TPSA) is 87.1 Å². The van der Waals surface area contributed by atoms with Crippen molar-refractivity contribution in [2.75, 3.05) is 13.2 Å². The SMILES string of the molecule is CCN(C(=O)OCC1c2ccccc2-c2ccccc21)C(C(=O)O)c1ccccc1O. The minimum atomic E-state index is -1.35. The van der Waals surface area contributed by atoms with E-state index >= 15 is 0 Å². The fourth-order valence-corrected chi connectivity index (χ4v) is 4.25. The van der Waals surface area contributed by atoms with E-state index in [-0.39, 0.29) is 30.4 Å². The maximum atomic E-state index is 12.9. The molecule has 1 atom stereocenters. The second-order valence-electron chi connectivity index (χ2n) is 7.39. The van der Waals surface area contributed by atoms with Crippen molar-refractivity contribution in [3.05, 3.63) is 89.5 Å². The molecule has 1 aliphatic carbocycles. The van der Waals surface area contributed by atoms with Gasteiger partial charge >= 0.3 is 12.1 Å². The van der Waals surface area contributed by atoms with Crippen molar-refractivity contribution in [3.8, 4) is 16.9 Å². The lowest BCUT2D eigenvalue weighted by molar-refractivity contribution is -0.143. The first-order chi connectivity index (χ1) is 15.0. The van der Waals surface area contributed by atoms with Crippen molar-refractivity contribution < 1.29 is 24.5 Å². The first-order valence-electron chi connectivity index (χ1n) is 10.1. The summed E-state index contributed by atoms with van der Waals surface area (Å²) >= 11 is 0. The molecule has 31 heavy (non-hydrogen) atoms. The van der Waals surface area contributed by atoms with Crippen molar-refractivity contribution in [2.24, 2.45) is 0 Å². The summed E-state index contributed by atoms with van der Waals surface area (Å²) in [5.41, 5.74) is 4.53. The third-order valence-electron chi connectivity index (χ3n) is 5.69. The molecular formula is C25H23NO5. The van der Waals surface area contributed by atoms with Crippen LogP contribution in [0.2, 0.25) is 0 Å². The van der Waals surface area contributed by atoms with E-state index in [1.54, 1.807) is 19.1 Å². The Labute approximate surface area is 180 Å². The van der Waals surface area contributed by atoms with Gasteiger partial charge in [0.2, 0.25) is 0 Å². The lowest BCUT2D eigenvalue weighted by Gasteiger charge is -2.28. The highest BCUT2D eigenvalue weighted by Crippen LogP contribution is 2.44. The zero-order valence-corrected chi connectivity index (χ0v) is 17.1. The second kappa shape index (κ2) is 8.52. The zero-order chi connectivity index (χ0) is 22.0. The molecule has 0 aliphatic heterocycles. The number of para-hydroxylation sites is 1. The summed E-state index contributed by atoms with van der Waals surface area (Å²) in [5.74, 6) is -1.54. The van der Waals surface area contributed by atoms with Gasteiger partial charge in [0.1, 0.15) is 12.4 Å². The monoisotopic (exact) mass is 417 g/mol. The summed E-state index contributed by atoms with van der Waals surface area (Å²) in [6.07, 6.45) is -0.736. The average Bonchev–Trinajstić information content (AvgIpc) is 3.10. The molecule has 0 fully saturated rings. The van der Waals surface area contributed by atoms with E-state index in [2.05, 4.69) is 0 Å². The van der Waals surface area contributed by atoms with Crippen LogP contribution in [0.3, 0.4) is 0 Å². The first kappa shape index (κ1) is 20.5. The number of phenols is 1. The highest BCUT2D eigenvalue weighted by molar-refractivity contribution is 5.83. The number of carbonyl (C=O) groups excluding carboxylic acids is 1. The van der Waals surface area contributed by atoms with Crippen LogP contribution >= 0.6 is 0 Å². The Morgan fingerprint density at radius 2 is 1.48 bits per heavy atom. The van der Waals surface area contributed by atoms with Crippen LogP contribution in [0.1, 0.15) is 35.6 Å². The second-order valence-corrected chi connectivity index (χ2v) is 7.39. The van der Waals surface area contributed by atoms with Gasteiger partial charge in [-0.2, -0.15) is 0 Å². The smallest absolute Gasteiger partial charge is 0.410 e. The minimum Gasteiger partial charge on any atom is -0.508 e. The molecule has 158 valence electrons. The van der Waals surface area contributed by atoms with E-state index in [0.717, 1.165) is 27.2 Å². The standard InChI is InChI=1S/C25H23NO5/c1-2-26(23(24(28)29)20-13-7-8-14-22(20)27)25(30)31-15-21-18-11-5-3-9-16(18)17-10-4-6-12-19(17)21/h3-14,21,23,27H,2,15H2,1H3,(H,28,29). The maximum absolute atomic E-state index is 12.9. The van der Waals surface area contributed by atoms with E-state index in [1.807, 2.05) is 48.5 Å². The number of nitrogens with zero attached hydrogens (tertiary/aromatic N) is 1. The number of carboxylic acids is 1. The summed E-state index contributed by atoms with van der Waals surface area (Å²) in [4.78, 5) is 26.0. The van der Waals surface area contributed by atoms with Crippen LogP contribution in [0.5, 0.6) is 5.75 Å². The van der Waals surface area contributed by atoms with Gasteiger partial charge < -0.3 is 14.9 Å². The van der Waals surface area contributed by atoms with Crippen LogP contribution in [0, 0.1) is 0 Å². The number of rotatable bonds is 6. The summed E-state index contributed by atoms with van der Waals surface area (Å²) in [6, 6.07) is 20.8. The molecule has 0 bridgehead atoms. The predicted molar refractivity (Wildman–Crippen MR) is 116 cm³/mol. The number of likely N-dealkylation sites (N-methyl/N-ethyl adjacent to an activating group) is 1. The number of aliphatic carboxylic acids is 1. The molecular weight excluding hydrogens is 394 g/mol. The molecule has 3 aromatic carbocycles. The van der Waals surface area contributed by atoms with E-state index in [0.29, 0.717) is 0 Å². The molecule has 0 radical (unpaired) electrons. The normalized spacial score (nSPS) is 13.2. The highest BCUT2D eigenvalue weighted by Gasteiger charge is 2.35. The molecule has 1 unspecified atom stereocenters. The molecule has 0 heterocycles. The van der Waals surface area contributed by atoms with Crippen molar-refractivity contribution in [1.29, 1.82) is 0 Å². The predicted octanol–water partition coefficient (Wildman–Crippen LogP) is 4.79. The lowest BCUT2D eigenvalue weighted by atomic mass is 9.98. The number of ether oxygens (including phenoxy) is 1. The van der Waals surface area contributed by atoms with Crippen LogP contribution in [0.4, 0.5) is 4.79 Å². The van der Waals surface area contributed by atoms with Crippen LogP contribution in [0.25, 0.3) is 11.1 Å². The largest absolute Gasteiger partial charge is 0.508 e. The van der Waals surface area contributed by atoms with E-state index in [9.17, 15) is 19.8 Å². The van der Waals surface area contributed by atoms with Crippen LogP contribution in [-0.4, -0.2) is 40.3 Å². The zero-order valence-electron chi connectivity index (χ0n) is 17.1. The Morgan fingerprint density at radius 3 is 2.03 bits per heavy atom. The Morgan fingerprint density at radius 1 is 0.935 bits per heavy atom. The van der Waals surface area contributed by atoms with Gasteiger partial charge in [-0.25, -0.2) is 9.59 Å². The van der Waals surface area contributed by atoms with E-state index in [4.69, 9.17) is 4.74 Å². The van der Waals surface area contributed by atoms with Gasteiger partial charge in [-0.15, -0.1) is 0 Å². The van der Waals surface area contributed by atoms with E-state index < -0.39 is 18.1 Å². The van der Waals surface area contributed by atoms with Gasteiger partial charge in [-0.05, 0) is 35.2 Å². The van der Waals surface area contributed by atoms with Gasteiger partial charge in [0.25, 0.3) is 0 Å². The number of carboxylic acid groups (broad SMARTS) is 1. The number of benzene rings is 3. The fraction of sp³-hybridized carbons (Fsp3) is 0.200. The number of aromatic hydroxyl groups is 1. The quantitative estimate of drug-likeness (QED) is 0.602. The molecule has 3 aromatic rings. The summed E-state index contributed by atoms with van der Waals surface area (Å²) in [5, 5.41) is 19.9. The molecule has 4 rings (SSSR count). The lowest BCUT2D eigenvalue weighted by Crippen LogP contribution is -2.39. The third-order valence-corrected chi connectivity index (χ3v) is 5.69. The van der Waals surface area contributed by atoms with E-state index in [1.165, 1.54) is 12.1 Å². The summed E-state index contributed by atoms with van der Waals surface area (Å²) < 4.78 is 5.63. The number of hydrogen-bond acceptors (Lipinski definition) is 4. The Hall–Kier alpha value is -3.80. The van der Waals surface area contributed by atoms with Gasteiger partial charge in [0.05, 0.1) is 0 Å². The van der Waals surface area contributed by atoms with Crippen LogP contribution < -0.4 is 0 Å². The molecule has 0 saturated heterocycles. The molecule has 2 N–H and O–H groups in total. The summed E-state index contributed by atoms with van der Waals surface area (Å²) in [6.45, 7) is 1.88. The molecule has 1 amide bonds. The Bertz CT molecular complexity index is 1080. The van der Waals surface area contributed by atoms with Crippen molar-refractivity contribution in [1.82, 2.24) is 4.90 Å². The first-order valence-corrected chi connectivity index (χ1v) is 10.1. The molecule has 0 saturated carbocycles. The molecule has 6 nitrogen and oxygen atoms in total. The van der Waals surface area contributed by atoms with Gasteiger partial charge in [-0.1, -0.05) is 66.7 Å². The number of phenolic OH excluding ortho intramolecular Hbond substituents is 1. The molecule has 0 spiro atoms. The van der Waals surface area contributed by atoms with Gasteiger partial charge in [0, 0.05) is 18.0 Å². The molecule has 6 heteroatoms. The average molecular weight is 417 g/mol. The third kappa shape index (κ3) is 3.72.